The Labute approximate surface area is 110 Å². The van der Waals surface area contributed by atoms with Gasteiger partial charge in [-0.2, -0.15) is 0 Å². The maximum Gasteiger partial charge on any atom is 0.206 e. The highest BCUT2D eigenvalue weighted by molar-refractivity contribution is 8.00. The highest BCUT2D eigenvalue weighted by Crippen LogP contribution is 2.28. The van der Waals surface area contributed by atoms with Gasteiger partial charge in [-0.3, -0.25) is 0 Å². The number of thioether (sulfide) groups is 1. The van der Waals surface area contributed by atoms with Crippen LogP contribution < -0.4 is 5.32 Å². The number of aromatic nitrogens is 2. The van der Waals surface area contributed by atoms with Crippen LogP contribution in [0.1, 0.15) is 19.4 Å². The van der Waals surface area contributed by atoms with E-state index in [1.165, 1.54) is 5.56 Å². The fourth-order valence-corrected chi connectivity index (χ4v) is 3.15. The quantitative estimate of drug-likeness (QED) is 0.837. The van der Waals surface area contributed by atoms with Crippen molar-refractivity contribution in [1.29, 1.82) is 0 Å². The van der Waals surface area contributed by atoms with Crippen molar-refractivity contribution >= 4 is 28.2 Å². The van der Waals surface area contributed by atoms with Gasteiger partial charge in [-0.25, -0.2) is 0 Å². The second-order valence-electron chi connectivity index (χ2n) is 3.95. The zero-order valence-corrected chi connectivity index (χ0v) is 11.5. The Hall–Kier alpha value is -1.07. The highest BCUT2D eigenvalue weighted by atomic mass is 32.2. The second-order valence-corrected chi connectivity index (χ2v) is 6.15. The number of hydrogen-bond donors (Lipinski definition) is 1. The van der Waals surface area contributed by atoms with Crippen LogP contribution in [0.3, 0.4) is 0 Å². The van der Waals surface area contributed by atoms with E-state index in [2.05, 4.69) is 53.6 Å². The van der Waals surface area contributed by atoms with E-state index in [1.807, 2.05) is 6.07 Å². The van der Waals surface area contributed by atoms with Gasteiger partial charge >= 0.3 is 0 Å². The third kappa shape index (κ3) is 4.02. The average molecular weight is 265 g/mol. The summed E-state index contributed by atoms with van der Waals surface area (Å²) in [6.45, 7) is 4.19. The van der Waals surface area contributed by atoms with E-state index in [-0.39, 0.29) is 0 Å². The Kier molecular flexibility index (Phi) is 4.39. The first-order valence-corrected chi connectivity index (χ1v) is 7.31. The lowest BCUT2D eigenvalue weighted by Gasteiger charge is -2.03. The Bertz CT molecular complexity index is 454. The van der Waals surface area contributed by atoms with Crippen LogP contribution in [0.4, 0.5) is 5.13 Å². The molecule has 0 unspecified atom stereocenters. The van der Waals surface area contributed by atoms with E-state index in [0.717, 1.165) is 15.2 Å². The van der Waals surface area contributed by atoms with Gasteiger partial charge in [0, 0.05) is 11.8 Å². The second kappa shape index (κ2) is 6.02. The van der Waals surface area contributed by atoms with Gasteiger partial charge in [0.1, 0.15) is 0 Å². The van der Waals surface area contributed by atoms with Crippen molar-refractivity contribution in [1.82, 2.24) is 10.2 Å². The molecule has 1 aromatic carbocycles. The SMILES string of the molecule is CC(C)Nc1nnc(SCc2ccccc2)s1. The number of anilines is 1. The minimum absolute atomic E-state index is 0.398. The first kappa shape index (κ1) is 12.4. The van der Waals surface area contributed by atoms with Crippen LogP contribution in [0.2, 0.25) is 0 Å². The fourth-order valence-electron chi connectivity index (χ4n) is 1.29. The molecule has 0 amide bonds. The van der Waals surface area contributed by atoms with E-state index in [1.54, 1.807) is 23.1 Å². The van der Waals surface area contributed by atoms with Crippen molar-refractivity contribution in [3.05, 3.63) is 35.9 Å². The molecule has 1 aromatic heterocycles. The smallest absolute Gasteiger partial charge is 0.206 e. The molecule has 90 valence electrons. The lowest BCUT2D eigenvalue weighted by Crippen LogP contribution is -2.08. The van der Waals surface area contributed by atoms with Crippen LogP contribution in [0.15, 0.2) is 34.7 Å². The minimum Gasteiger partial charge on any atom is -0.358 e. The molecule has 0 saturated heterocycles. The molecule has 0 fully saturated rings. The van der Waals surface area contributed by atoms with E-state index in [4.69, 9.17) is 0 Å². The number of rotatable bonds is 5. The first-order chi connectivity index (χ1) is 8.24. The molecule has 0 spiro atoms. The van der Waals surface area contributed by atoms with Crippen molar-refractivity contribution in [3.63, 3.8) is 0 Å². The van der Waals surface area contributed by atoms with Gasteiger partial charge in [-0.15, -0.1) is 10.2 Å². The number of hydrogen-bond acceptors (Lipinski definition) is 5. The molecule has 2 rings (SSSR count). The number of nitrogens with one attached hydrogen (secondary N) is 1. The Balaban J connectivity index is 1.89. The summed E-state index contributed by atoms with van der Waals surface area (Å²) in [4.78, 5) is 0. The molecular weight excluding hydrogens is 250 g/mol. The van der Waals surface area contributed by atoms with E-state index < -0.39 is 0 Å². The van der Waals surface area contributed by atoms with Crippen molar-refractivity contribution in [2.75, 3.05) is 5.32 Å². The van der Waals surface area contributed by atoms with Crippen molar-refractivity contribution in [3.8, 4) is 0 Å². The average Bonchev–Trinajstić information content (AvgIpc) is 2.75. The fraction of sp³-hybridized carbons (Fsp3) is 0.333. The summed E-state index contributed by atoms with van der Waals surface area (Å²) in [5.41, 5.74) is 1.31. The monoisotopic (exact) mass is 265 g/mol. The highest BCUT2D eigenvalue weighted by Gasteiger charge is 2.05. The van der Waals surface area contributed by atoms with Gasteiger partial charge in [-0.05, 0) is 19.4 Å². The van der Waals surface area contributed by atoms with Crippen LogP contribution in [-0.4, -0.2) is 16.2 Å². The van der Waals surface area contributed by atoms with Gasteiger partial charge in [0.15, 0.2) is 4.34 Å². The summed E-state index contributed by atoms with van der Waals surface area (Å²) in [5.74, 6) is 0.942. The molecule has 0 aliphatic heterocycles. The minimum atomic E-state index is 0.398. The Morgan fingerprint density at radius 2 is 2.00 bits per heavy atom. The summed E-state index contributed by atoms with van der Waals surface area (Å²) in [6.07, 6.45) is 0. The van der Waals surface area contributed by atoms with Crippen molar-refractivity contribution in [2.45, 2.75) is 30.0 Å². The molecule has 0 atom stereocenters. The summed E-state index contributed by atoms with van der Waals surface area (Å²) in [6, 6.07) is 10.8. The molecule has 1 N–H and O–H groups in total. The van der Waals surface area contributed by atoms with Crippen LogP contribution in [0, 0.1) is 0 Å². The summed E-state index contributed by atoms with van der Waals surface area (Å²) in [7, 11) is 0. The molecule has 0 saturated carbocycles. The summed E-state index contributed by atoms with van der Waals surface area (Å²) in [5, 5.41) is 12.4. The van der Waals surface area contributed by atoms with Crippen molar-refractivity contribution < 1.29 is 0 Å². The van der Waals surface area contributed by atoms with Crippen LogP contribution >= 0.6 is 23.1 Å². The number of benzene rings is 1. The predicted molar refractivity (Wildman–Crippen MR) is 74.7 cm³/mol. The normalized spacial score (nSPS) is 10.8. The molecule has 0 radical (unpaired) electrons. The van der Waals surface area contributed by atoms with Gasteiger partial charge in [0.25, 0.3) is 0 Å². The molecule has 0 aliphatic carbocycles. The van der Waals surface area contributed by atoms with Crippen LogP contribution in [-0.2, 0) is 5.75 Å². The van der Waals surface area contributed by atoms with Gasteiger partial charge in [-0.1, -0.05) is 53.4 Å². The summed E-state index contributed by atoms with van der Waals surface area (Å²) >= 11 is 3.34. The Morgan fingerprint density at radius 3 is 2.71 bits per heavy atom. The topological polar surface area (TPSA) is 37.8 Å². The first-order valence-electron chi connectivity index (χ1n) is 5.51. The Morgan fingerprint density at radius 1 is 1.24 bits per heavy atom. The van der Waals surface area contributed by atoms with Gasteiger partial charge in [0.2, 0.25) is 5.13 Å². The third-order valence-corrected chi connectivity index (χ3v) is 4.08. The standard InChI is InChI=1S/C12H15N3S2/c1-9(2)13-11-14-15-12(17-11)16-8-10-6-4-3-5-7-10/h3-7,9H,8H2,1-2H3,(H,13,14). The predicted octanol–water partition coefficient (Wildman–Crippen LogP) is 3.65. The maximum absolute atomic E-state index is 4.15. The van der Waals surface area contributed by atoms with Crippen LogP contribution in [0.5, 0.6) is 0 Å². The third-order valence-electron chi connectivity index (χ3n) is 2.02. The molecule has 2 aromatic rings. The number of nitrogens with zero attached hydrogens (tertiary/aromatic N) is 2. The molecule has 0 bridgehead atoms. The van der Waals surface area contributed by atoms with Crippen molar-refractivity contribution in [2.24, 2.45) is 0 Å². The lowest BCUT2D eigenvalue weighted by molar-refractivity contribution is 0.883. The molecule has 17 heavy (non-hydrogen) atoms. The molecule has 0 aliphatic rings. The summed E-state index contributed by atoms with van der Waals surface area (Å²) < 4.78 is 1.01. The molecule has 1 heterocycles. The lowest BCUT2D eigenvalue weighted by atomic mass is 10.2. The van der Waals surface area contributed by atoms with Gasteiger partial charge < -0.3 is 5.32 Å². The van der Waals surface area contributed by atoms with Crippen LogP contribution in [0.25, 0.3) is 0 Å². The molecule has 3 nitrogen and oxygen atoms in total. The largest absolute Gasteiger partial charge is 0.358 e. The molecular formula is C12H15N3S2. The zero-order chi connectivity index (χ0) is 12.1. The van der Waals surface area contributed by atoms with Gasteiger partial charge in [0.05, 0.1) is 0 Å². The molecule has 5 heteroatoms. The van der Waals surface area contributed by atoms with E-state index >= 15 is 0 Å². The van der Waals surface area contributed by atoms with E-state index in [0.29, 0.717) is 6.04 Å². The maximum atomic E-state index is 4.15. The van der Waals surface area contributed by atoms with E-state index in [9.17, 15) is 0 Å². The zero-order valence-electron chi connectivity index (χ0n) is 9.88.